The van der Waals surface area contributed by atoms with Crippen LogP contribution in [0.4, 0.5) is 8.78 Å². The summed E-state index contributed by atoms with van der Waals surface area (Å²) in [6, 6.07) is 0.981. The van der Waals surface area contributed by atoms with Crippen LogP contribution in [0.1, 0.15) is 22.5 Å². The number of primary amides is 1. The number of nitrogens with two attached hydrogens (primary N) is 1. The molecule has 7 heteroatoms. The molecule has 1 amide bonds. The molecule has 1 aromatic rings. The fourth-order valence-corrected chi connectivity index (χ4v) is 1.73. The number of aromatic nitrogens is 1. The number of hydrogen-bond acceptors (Lipinski definition) is 2. The average Bonchev–Trinajstić information content (AvgIpc) is 2.01. The zero-order chi connectivity index (χ0) is 10.9. The van der Waals surface area contributed by atoms with Crippen molar-refractivity contribution in [3.05, 3.63) is 31.2 Å². The first-order valence-electron chi connectivity index (χ1n) is 3.44. The highest BCUT2D eigenvalue weighted by Gasteiger charge is 2.21. The maximum Gasteiger partial charge on any atom is 0.267 e. The lowest BCUT2D eigenvalue weighted by molar-refractivity contribution is 0.0979. The molecule has 0 saturated heterocycles. The van der Waals surface area contributed by atoms with E-state index in [4.69, 9.17) is 5.73 Å². The molecule has 0 fully saturated rings. The molecule has 0 saturated carbocycles. The van der Waals surface area contributed by atoms with E-state index in [0.717, 1.165) is 6.07 Å². The molecule has 0 radical (unpaired) electrons. The van der Waals surface area contributed by atoms with Gasteiger partial charge in [-0.1, -0.05) is 0 Å². The number of hydrogen-bond donors (Lipinski definition) is 2. The summed E-state index contributed by atoms with van der Waals surface area (Å²) in [5.41, 5.74) is 3.15. The van der Waals surface area contributed by atoms with Crippen LogP contribution in [0.3, 0.4) is 0 Å². The average molecular weight is 314 g/mol. The predicted octanol–water partition coefficient (Wildman–Crippen LogP) is 1.02. The van der Waals surface area contributed by atoms with Crippen LogP contribution in [0.5, 0.6) is 0 Å². The van der Waals surface area contributed by atoms with E-state index < -0.39 is 29.1 Å². The Hall–Kier alpha value is -0.990. The Morgan fingerprint density at radius 2 is 2.14 bits per heavy atom. The van der Waals surface area contributed by atoms with Gasteiger partial charge in [-0.25, -0.2) is 8.78 Å². The van der Waals surface area contributed by atoms with Crippen LogP contribution in [-0.2, 0) is 0 Å². The minimum absolute atomic E-state index is 0.0233. The molecular weight excluding hydrogens is 309 g/mol. The van der Waals surface area contributed by atoms with Crippen molar-refractivity contribution in [3.63, 3.8) is 0 Å². The van der Waals surface area contributed by atoms with Crippen LogP contribution < -0.4 is 11.3 Å². The SMILES string of the molecule is NC(=O)c1[nH]c(=O)cc(I)c1C(F)F. The van der Waals surface area contributed by atoms with E-state index in [1.165, 1.54) is 0 Å². The van der Waals surface area contributed by atoms with Crippen LogP contribution in [0, 0.1) is 3.57 Å². The summed E-state index contributed by atoms with van der Waals surface area (Å²) >= 11 is 1.55. The molecule has 1 rings (SSSR count). The summed E-state index contributed by atoms with van der Waals surface area (Å²) < 4.78 is 24.9. The Kier molecular flexibility index (Phi) is 3.19. The number of aromatic amines is 1. The first kappa shape index (κ1) is 11.1. The molecule has 0 bridgehead atoms. The van der Waals surface area contributed by atoms with Gasteiger partial charge in [0.2, 0.25) is 5.56 Å². The highest BCUT2D eigenvalue weighted by Crippen LogP contribution is 2.25. The maximum atomic E-state index is 12.4. The minimum Gasteiger partial charge on any atom is -0.364 e. The van der Waals surface area contributed by atoms with Gasteiger partial charge in [0.1, 0.15) is 5.69 Å². The van der Waals surface area contributed by atoms with E-state index >= 15 is 0 Å². The Balaban J connectivity index is 3.52. The van der Waals surface area contributed by atoms with Gasteiger partial charge in [-0.3, -0.25) is 9.59 Å². The lowest BCUT2D eigenvalue weighted by Gasteiger charge is -2.06. The van der Waals surface area contributed by atoms with Gasteiger partial charge < -0.3 is 10.7 Å². The molecule has 0 aromatic carbocycles. The van der Waals surface area contributed by atoms with Crippen LogP contribution in [0.15, 0.2) is 10.9 Å². The lowest BCUT2D eigenvalue weighted by atomic mass is 10.2. The van der Waals surface area contributed by atoms with Gasteiger partial charge in [0.25, 0.3) is 12.3 Å². The van der Waals surface area contributed by atoms with Crippen molar-refractivity contribution in [2.45, 2.75) is 6.43 Å². The highest BCUT2D eigenvalue weighted by molar-refractivity contribution is 14.1. The summed E-state index contributed by atoms with van der Waals surface area (Å²) in [7, 11) is 0. The number of halogens is 3. The second-order valence-electron chi connectivity index (χ2n) is 2.44. The molecule has 1 aromatic heterocycles. The molecule has 76 valence electrons. The van der Waals surface area contributed by atoms with E-state index in [2.05, 4.69) is 0 Å². The summed E-state index contributed by atoms with van der Waals surface area (Å²) in [6.07, 6.45) is -2.85. The van der Waals surface area contributed by atoms with Crippen LogP contribution in [0.2, 0.25) is 0 Å². The lowest BCUT2D eigenvalue weighted by Crippen LogP contribution is -2.22. The van der Waals surface area contributed by atoms with Crippen molar-refractivity contribution in [1.29, 1.82) is 0 Å². The molecule has 3 N–H and O–H groups in total. The fourth-order valence-electron chi connectivity index (χ4n) is 0.947. The second-order valence-corrected chi connectivity index (χ2v) is 3.60. The Labute approximate surface area is 90.6 Å². The van der Waals surface area contributed by atoms with E-state index in [0.29, 0.717) is 0 Å². The van der Waals surface area contributed by atoms with Gasteiger partial charge >= 0.3 is 0 Å². The molecule has 4 nitrogen and oxygen atoms in total. The maximum absolute atomic E-state index is 12.4. The smallest absolute Gasteiger partial charge is 0.267 e. The van der Waals surface area contributed by atoms with E-state index in [9.17, 15) is 18.4 Å². The zero-order valence-electron chi connectivity index (χ0n) is 6.68. The van der Waals surface area contributed by atoms with Crippen LogP contribution in [-0.4, -0.2) is 10.9 Å². The minimum atomic E-state index is -2.85. The molecule has 0 atom stereocenters. The molecule has 0 unspecified atom stereocenters. The third-order valence-corrected chi connectivity index (χ3v) is 2.39. The number of amides is 1. The number of H-pyrrole nitrogens is 1. The first-order chi connectivity index (χ1) is 6.43. The number of pyridine rings is 1. The number of carbonyl (C=O) groups is 1. The third kappa shape index (κ3) is 2.08. The van der Waals surface area contributed by atoms with Gasteiger partial charge in [0.15, 0.2) is 0 Å². The summed E-state index contributed by atoms with van der Waals surface area (Å²) in [6.45, 7) is 0. The summed E-state index contributed by atoms with van der Waals surface area (Å²) in [5, 5.41) is 0. The molecule has 14 heavy (non-hydrogen) atoms. The van der Waals surface area contributed by atoms with E-state index in [1.54, 1.807) is 22.6 Å². The quantitative estimate of drug-likeness (QED) is 0.800. The van der Waals surface area contributed by atoms with Gasteiger partial charge in [-0.05, 0) is 22.6 Å². The standard InChI is InChI=1S/C7H5F2IN2O2/c8-6(9)4-2(10)1-3(13)12-5(4)7(11)14/h1,6H,(H2,11,14)(H,12,13). The predicted molar refractivity (Wildman–Crippen MR) is 53.3 cm³/mol. The monoisotopic (exact) mass is 314 g/mol. The summed E-state index contributed by atoms with van der Waals surface area (Å²) in [5.74, 6) is -1.07. The van der Waals surface area contributed by atoms with Gasteiger partial charge in [-0.15, -0.1) is 0 Å². The Morgan fingerprint density at radius 1 is 1.57 bits per heavy atom. The normalized spacial score (nSPS) is 10.6. The molecule has 1 heterocycles. The second kappa shape index (κ2) is 4.03. The van der Waals surface area contributed by atoms with Crippen molar-refractivity contribution in [1.82, 2.24) is 4.98 Å². The summed E-state index contributed by atoms with van der Waals surface area (Å²) in [4.78, 5) is 23.6. The zero-order valence-corrected chi connectivity index (χ0v) is 8.84. The van der Waals surface area contributed by atoms with Crippen molar-refractivity contribution in [3.8, 4) is 0 Å². The number of carbonyl (C=O) groups excluding carboxylic acids is 1. The molecule has 0 aliphatic heterocycles. The van der Waals surface area contributed by atoms with E-state index in [1.807, 2.05) is 4.98 Å². The van der Waals surface area contributed by atoms with Gasteiger partial charge in [0.05, 0.1) is 5.56 Å². The molecule has 0 aliphatic rings. The van der Waals surface area contributed by atoms with E-state index in [-0.39, 0.29) is 3.57 Å². The van der Waals surface area contributed by atoms with Gasteiger partial charge in [-0.2, -0.15) is 0 Å². The van der Waals surface area contributed by atoms with Crippen molar-refractivity contribution < 1.29 is 13.6 Å². The molecule has 0 spiro atoms. The first-order valence-corrected chi connectivity index (χ1v) is 4.52. The van der Waals surface area contributed by atoms with Crippen LogP contribution in [0.25, 0.3) is 0 Å². The fraction of sp³-hybridized carbons (Fsp3) is 0.143. The topological polar surface area (TPSA) is 76.0 Å². The highest BCUT2D eigenvalue weighted by atomic mass is 127. The van der Waals surface area contributed by atoms with Crippen LogP contribution >= 0.6 is 22.6 Å². The number of alkyl halides is 2. The van der Waals surface area contributed by atoms with Crippen molar-refractivity contribution in [2.75, 3.05) is 0 Å². The van der Waals surface area contributed by atoms with Crippen molar-refractivity contribution >= 4 is 28.5 Å². The molecular formula is C7H5F2IN2O2. The third-order valence-electron chi connectivity index (χ3n) is 1.50. The largest absolute Gasteiger partial charge is 0.364 e. The Morgan fingerprint density at radius 3 is 2.57 bits per heavy atom. The van der Waals surface area contributed by atoms with Gasteiger partial charge in [0, 0.05) is 9.64 Å². The number of nitrogens with one attached hydrogen (secondary N) is 1. The van der Waals surface area contributed by atoms with Crippen molar-refractivity contribution in [2.24, 2.45) is 5.73 Å². The number of rotatable bonds is 2. The Bertz CT molecular complexity index is 430. The molecule has 0 aliphatic carbocycles.